The van der Waals surface area contributed by atoms with Gasteiger partial charge >= 0.3 is 5.63 Å². The van der Waals surface area contributed by atoms with E-state index in [2.05, 4.69) is 0 Å². The van der Waals surface area contributed by atoms with Gasteiger partial charge in [0.25, 0.3) is 5.91 Å². The Hall–Kier alpha value is -3.08. The van der Waals surface area contributed by atoms with Crippen LogP contribution in [0.2, 0.25) is 0 Å². The molecule has 3 rings (SSSR count). The molecule has 5 heteroatoms. The van der Waals surface area contributed by atoms with E-state index in [1.54, 1.807) is 17.0 Å². The smallest absolute Gasteiger partial charge is 0.340 e. The highest BCUT2D eigenvalue weighted by Gasteiger charge is 2.14. The Morgan fingerprint density at radius 1 is 1.07 bits per heavy atom. The fourth-order valence-corrected chi connectivity index (χ4v) is 3.28. The summed E-state index contributed by atoms with van der Waals surface area (Å²) in [4.78, 5) is 26.3. The molecule has 0 saturated carbocycles. The molecular weight excluding hydrogens is 354 g/mol. The van der Waals surface area contributed by atoms with Gasteiger partial charge < -0.3 is 14.1 Å². The lowest BCUT2D eigenvalue weighted by Crippen LogP contribution is -2.34. The molecule has 0 aliphatic heterocycles. The van der Waals surface area contributed by atoms with Crippen molar-refractivity contribution in [1.82, 2.24) is 4.90 Å². The molecule has 0 atom stereocenters. The van der Waals surface area contributed by atoms with Crippen molar-refractivity contribution in [3.05, 3.63) is 75.6 Å². The number of benzene rings is 2. The molecule has 1 heterocycles. The summed E-state index contributed by atoms with van der Waals surface area (Å²) in [5.41, 5.74) is 2.74. The van der Waals surface area contributed by atoms with Gasteiger partial charge in [-0.2, -0.15) is 0 Å². The fraction of sp³-hybridized carbons (Fsp3) is 0.304. The van der Waals surface area contributed by atoms with Crippen molar-refractivity contribution in [2.45, 2.75) is 27.2 Å². The first kappa shape index (κ1) is 19.7. The summed E-state index contributed by atoms with van der Waals surface area (Å²) in [6.45, 7) is 7.05. The van der Waals surface area contributed by atoms with E-state index >= 15 is 0 Å². The molecule has 0 spiro atoms. The van der Waals surface area contributed by atoms with E-state index < -0.39 is 0 Å². The highest BCUT2D eigenvalue weighted by molar-refractivity contribution is 5.83. The molecule has 0 saturated heterocycles. The average molecular weight is 379 g/mol. The van der Waals surface area contributed by atoms with Crippen LogP contribution in [0, 0.1) is 6.92 Å². The normalized spacial score (nSPS) is 10.8. The van der Waals surface area contributed by atoms with Gasteiger partial charge in [-0.25, -0.2) is 4.79 Å². The number of amides is 1. The van der Waals surface area contributed by atoms with E-state index in [9.17, 15) is 9.59 Å². The van der Waals surface area contributed by atoms with Crippen molar-refractivity contribution in [2.75, 3.05) is 19.7 Å². The van der Waals surface area contributed by atoms with E-state index in [4.69, 9.17) is 9.15 Å². The van der Waals surface area contributed by atoms with Crippen molar-refractivity contribution in [1.29, 1.82) is 0 Å². The second kappa shape index (κ2) is 8.74. The van der Waals surface area contributed by atoms with E-state index in [0.29, 0.717) is 36.4 Å². The van der Waals surface area contributed by atoms with Crippen LogP contribution in [0.1, 0.15) is 30.5 Å². The maximum Gasteiger partial charge on any atom is 0.340 e. The lowest BCUT2D eigenvalue weighted by atomic mass is 10.00. The van der Waals surface area contributed by atoms with Gasteiger partial charge in [-0.1, -0.05) is 30.3 Å². The summed E-state index contributed by atoms with van der Waals surface area (Å²) >= 11 is 0. The van der Waals surface area contributed by atoms with Crippen LogP contribution in [0.3, 0.4) is 0 Å². The van der Waals surface area contributed by atoms with E-state index in [1.165, 1.54) is 0 Å². The summed E-state index contributed by atoms with van der Waals surface area (Å²) in [6.07, 6.45) is 0.529. The first-order valence-electron chi connectivity index (χ1n) is 9.54. The van der Waals surface area contributed by atoms with E-state index in [-0.39, 0.29) is 18.1 Å². The maximum atomic E-state index is 12.5. The lowest BCUT2D eigenvalue weighted by molar-refractivity contribution is -0.132. The molecular formula is C23H25NO4. The van der Waals surface area contributed by atoms with Gasteiger partial charge in [-0.05, 0) is 44.0 Å². The van der Waals surface area contributed by atoms with Crippen LogP contribution in [-0.4, -0.2) is 30.5 Å². The van der Waals surface area contributed by atoms with Crippen molar-refractivity contribution in [2.24, 2.45) is 0 Å². The summed E-state index contributed by atoms with van der Waals surface area (Å²) in [6, 6.07) is 15.2. The van der Waals surface area contributed by atoms with Gasteiger partial charge in [-0.3, -0.25) is 4.79 Å². The number of nitrogens with zero attached hydrogens (tertiary/aromatic N) is 1. The SMILES string of the molecule is CCN(CC)C(=O)COc1ccc2c(C)c(Cc3ccccc3)c(=O)oc2c1. The number of aryl methyl sites for hydroxylation is 1. The second-order valence-electron chi connectivity index (χ2n) is 6.67. The molecule has 0 fully saturated rings. The number of rotatable bonds is 7. The fourth-order valence-electron chi connectivity index (χ4n) is 3.28. The van der Waals surface area contributed by atoms with Gasteiger partial charge in [-0.15, -0.1) is 0 Å². The zero-order valence-corrected chi connectivity index (χ0v) is 16.5. The molecule has 1 aromatic heterocycles. The summed E-state index contributed by atoms with van der Waals surface area (Å²) in [5, 5.41) is 0.868. The minimum absolute atomic E-state index is 0.0392. The van der Waals surface area contributed by atoms with Crippen LogP contribution >= 0.6 is 0 Å². The minimum atomic E-state index is -0.342. The minimum Gasteiger partial charge on any atom is -0.484 e. The molecule has 28 heavy (non-hydrogen) atoms. The molecule has 2 aromatic carbocycles. The molecule has 0 aliphatic rings. The molecule has 146 valence electrons. The van der Waals surface area contributed by atoms with Crippen LogP contribution in [0.5, 0.6) is 5.75 Å². The van der Waals surface area contributed by atoms with Crippen molar-refractivity contribution >= 4 is 16.9 Å². The number of hydrogen-bond donors (Lipinski definition) is 0. The monoisotopic (exact) mass is 379 g/mol. The Morgan fingerprint density at radius 3 is 2.46 bits per heavy atom. The molecule has 0 unspecified atom stereocenters. The number of carbonyl (C=O) groups is 1. The van der Waals surface area contributed by atoms with Crippen LogP contribution in [0.15, 0.2) is 57.7 Å². The van der Waals surface area contributed by atoms with Crippen LogP contribution < -0.4 is 10.4 Å². The van der Waals surface area contributed by atoms with Crippen LogP contribution in [0.25, 0.3) is 11.0 Å². The number of hydrogen-bond acceptors (Lipinski definition) is 4. The molecule has 3 aromatic rings. The highest BCUT2D eigenvalue weighted by Crippen LogP contribution is 2.25. The van der Waals surface area contributed by atoms with E-state index in [1.807, 2.05) is 57.2 Å². The third-order valence-corrected chi connectivity index (χ3v) is 4.96. The summed E-state index contributed by atoms with van der Waals surface area (Å²) < 4.78 is 11.2. The summed E-state index contributed by atoms with van der Waals surface area (Å²) in [7, 11) is 0. The number of fused-ring (bicyclic) bond motifs is 1. The van der Waals surface area contributed by atoms with Crippen LogP contribution in [-0.2, 0) is 11.2 Å². The maximum absolute atomic E-state index is 12.5. The van der Waals surface area contributed by atoms with Crippen molar-refractivity contribution in [3.8, 4) is 5.75 Å². The second-order valence-corrected chi connectivity index (χ2v) is 6.67. The standard InChI is InChI=1S/C23H25NO4/c1-4-24(5-2)22(25)15-27-18-11-12-19-16(3)20(23(26)28-21(19)14-18)13-17-9-7-6-8-10-17/h6-12,14H,4-5,13,15H2,1-3H3. The Labute approximate surface area is 164 Å². The van der Waals surface area contributed by atoms with Gasteiger partial charge in [0, 0.05) is 36.5 Å². The molecule has 0 aliphatic carbocycles. The van der Waals surface area contributed by atoms with Gasteiger partial charge in [0.15, 0.2) is 6.61 Å². The molecule has 0 N–H and O–H groups in total. The lowest BCUT2D eigenvalue weighted by Gasteiger charge is -2.18. The van der Waals surface area contributed by atoms with Crippen LogP contribution in [0.4, 0.5) is 0 Å². The van der Waals surface area contributed by atoms with Gasteiger partial charge in [0.05, 0.1) is 0 Å². The Bertz CT molecular complexity index is 1020. The molecule has 0 bridgehead atoms. The zero-order valence-electron chi connectivity index (χ0n) is 16.5. The topological polar surface area (TPSA) is 59.8 Å². The first-order chi connectivity index (χ1) is 13.5. The Kier molecular flexibility index (Phi) is 6.14. The number of ether oxygens (including phenoxy) is 1. The first-order valence-corrected chi connectivity index (χ1v) is 9.54. The summed E-state index contributed by atoms with van der Waals surface area (Å²) in [5.74, 6) is 0.437. The largest absolute Gasteiger partial charge is 0.484 e. The third-order valence-electron chi connectivity index (χ3n) is 4.96. The molecule has 5 nitrogen and oxygen atoms in total. The Balaban J connectivity index is 1.84. The third kappa shape index (κ3) is 4.25. The van der Waals surface area contributed by atoms with Gasteiger partial charge in [0.2, 0.25) is 0 Å². The predicted molar refractivity (Wildman–Crippen MR) is 110 cm³/mol. The van der Waals surface area contributed by atoms with Crippen molar-refractivity contribution in [3.63, 3.8) is 0 Å². The Morgan fingerprint density at radius 2 is 1.79 bits per heavy atom. The number of carbonyl (C=O) groups excluding carboxylic acids is 1. The van der Waals surface area contributed by atoms with E-state index in [0.717, 1.165) is 16.5 Å². The quantitative estimate of drug-likeness (QED) is 0.584. The molecule has 0 radical (unpaired) electrons. The molecule has 1 amide bonds. The zero-order chi connectivity index (χ0) is 20.1. The average Bonchev–Trinajstić information content (AvgIpc) is 2.71. The number of likely N-dealkylation sites (N-methyl/N-ethyl adjacent to an activating group) is 1. The van der Waals surface area contributed by atoms with Gasteiger partial charge in [0.1, 0.15) is 11.3 Å². The predicted octanol–water partition coefficient (Wildman–Crippen LogP) is 3.94. The highest BCUT2D eigenvalue weighted by atomic mass is 16.5. The van der Waals surface area contributed by atoms with Crippen molar-refractivity contribution < 1.29 is 13.9 Å².